The molecular formula is C12H22F2N2O2. The van der Waals surface area contributed by atoms with E-state index in [1.165, 1.54) is 4.90 Å². The van der Waals surface area contributed by atoms with Crippen molar-refractivity contribution in [2.45, 2.75) is 32.2 Å². The first kappa shape index (κ1) is 15.3. The number of nitrogens with zero attached hydrogens (tertiary/aromatic N) is 2. The Morgan fingerprint density at radius 2 is 2.17 bits per heavy atom. The lowest BCUT2D eigenvalue weighted by Gasteiger charge is -2.41. The van der Waals surface area contributed by atoms with Crippen LogP contribution in [0, 0.1) is 5.92 Å². The van der Waals surface area contributed by atoms with E-state index in [4.69, 9.17) is 5.11 Å². The molecule has 1 saturated heterocycles. The van der Waals surface area contributed by atoms with Crippen LogP contribution in [0.4, 0.5) is 8.78 Å². The first-order valence-electron chi connectivity index (χ1n) is 6.24. The molecule has 0 aromatic rings. The summed E-state index contributed by atoms with van der Waals surface area (Å²) in [4.78, 5) is 13.7. The summed E-state index contributed by atoms with van der Waals surface area (Å²) in [6, 6.07) is 0.119. The average Bonchev–Trinajstić information content (AvgIpc) is 2.19. The molecule has 0 bridgehead atoms. The quantitative estimate of drug-likeness (QED) is 0.814. The van der Waals surface area contributed by atoms with E-state index in [-0.39, 0.29) is 25.7 Å². The van der Waals surface area contributed by atoms with Gasteiger partial charge in [0.15, 0.2) is 0 Å². The average molecular weight is 264 g/mol. The van der Waals surface area contributed by atoms with Crippen molar-refractivity contribution >= 4 is 5.97 Å². The molecule has 1 atom stereocenters. The van der Waals surface area contributed by atoms with Crippen LogP contribution in [0.2, 0.25) is 0 Å². The van der Waals surface area contributed by atoms with Crippen LogP contribution in [0.1, 0.15) is 20.3 Å². The Labute approximate surface area is 107 Å². The number of carbonyl (C=O) groups is 1. The minimum Gasteiger partial charge on any atom is -0.480 e. The van der Waals surface area contributed by atoms with Gasteiger partial charge in [-0.1, -0.05) is 0 Å². The standard InChI is InChI=1S/C12H22F2N2O2/c1-9(2)16-5-4-10(12(13,14)8-16)6-15(3)7-11(17)18/h9-10H,4-8H2,1-3H3,(H,17,18). The van der Waals surface area contributed by atoms with E-state index in [9.17, 15) is 13.6 Å². The fourth-order valence-electron chi connectivity index (χ4n) is 2.35. The van der Waals surface area contributed by atoms with Gasteiger partial charge in [-0.2, -0.15) is 0 Å². The molecule has 0 aromatic carbocycles. The lowest BCUT2D eigenvalue weighted by atomic mass is 9.91. The van der Waals surface area contributed by atoms with Crippen molar-refractivity contribution in [2.75, 3.05) is 33.2 Å². The normalized spacial score (nSPS) is 24.7. The van der Waals surface area contributed by atoms with Gasteiger partial charge >= 0.3 is 5.97 Å². The van der Waals surface area contributed by atoms with Crippen molar-refractivity contribution in [3.63, 3.8) is 0 Å². The van der Waals surface area contributed by atoms with Gasteiger partial charge in [0.25, 0.3) is 5.92 Å². The van der Waals surface area contributed by atoms with Crippen molar-refractivity contribution in [3.05, 3.63) is 0 Å². The maximum absolute atomic E-state index is 14.0. The first-order valence-corrected chi connectivity index (χ1v) is 6.24. The number of aliphatic carboxylic acids is 1. The lowest BCUT2D eigenvalue weighted by Crippen LogP contribution is -2.53. The van der Waals surface area contributed by atoms with Crippen LogP contribution in [0.15, 0.2) is 0 Å². The Morgan fingerprint density at radius 3 is 2.61 bits per heavy atom. The monoisotopic (exact) mass is 264 g/mol. The highest BCUT2D eigenvalue weighted by Crippen LogP contribution is 2.34. The number of likely N-dealkylation sites (N-methyl/N-ethyl adjacent to an activating group) is 1. The second kappa shape index (κ2) is 5.93. The summed E-state index contributed by atoms with van der Waals surface area (Å²) >= 11 is 0. The number of likely N-dealkylation sites (tertiary alicyclic amines) is 1. The predicted molar refractivity (Wildman–Crippen MR) is 64.9 cm³/mol. The Balaban J connectivity index is 2.55. The lowest BCUT2D eigenvalue weighted by molar-refractivity contribution is -0.141. The molecule has 1 rings (SSSR count). The number of carboxylic acids is 1. The molecule has 0 aliphatic carbocycles. The number of carboxylic acid groups (broad SMARTS) is 1. The van der Waals surface area contributed by atoms with Crippen molar-refractivity contribution in [1.82, 2.24) is 9.80 Å². The summed E-state index contributed by atoms with van der Waals surface area (Å²) in [7, 11) is 1.57. The van der Waals surface area contributed by atoms with Gasteiger partial charge in [0, 0.05) is 18.5 Å². The summed E-state index contributed by atoms with van der Waals surface area (Å²) in [6.45, 7) is 4.18. The maximum Gasteiger partial charge on any atom is 0.317 e. The van der Waals surface area contributed by atoms with E-state index in [1.807, 2.05) is 13.8 Å². The molecule has 18 heavy (non-hydrogen) atoms. The van der Waals surface area contributed by atoms with E-state index in [2.05, 4.69) is 0 Å². The SMILES string of the molecule is CC(C)N1CCC(CN(C)CC(=O)O)C(F)(F)C1. The molecule has 6 heteroatoms. The molecule has 0 aromatic heterocycles. The number of rotatable bonds is 5. The predicted octanol–water partition coefficient (Wildman–Crippen LogP) is 1.37. The Morgan fingerprint density at radius 1 is 1.56 bits per heavy atom. The van der Waals surface area contributed by atoms with Crippen LogP contribution >= 0.6 is 0 Å². The van der Waals surface area contributed by atoms with Gasteiger partial charge < -0.3 is 5.11 Å². The van der Waals surface area contributed by atoms with Gasteiger partial charge in [-0.25, -0.2) is 8.78 Å². The second-order valence-corrected chi connectivity index (χ2v) is 5.40. The van der Waals surface area contributed by atoms with Crippen molar-refractivity contribution in [2.24, 2.45) is 5.92 Å². The molecule has 1 aliphatic rings. The molecule has 0 amide bonds. The molecule has 1 heterocycles. The first-order chi connectivity index (χ1) is 8.22. The van der Waals surface area contributed by atoms with Gasteiger partial charge in [-0.3, -0.25) is 14.6 Å². The minimum atomic E-state index is -2.74. The molecule has 1 fully saturated rings. The summed E-state index contributed by atoms with van der Waals surface area (Å²) < 4.78 is 27.9. The van der Waals surface area contributed by atoms with Crippen LogP contribution in [0.5, 0.6) is 0 Å². The van der Waals surface area contributed by atoms with Crippen LogP contribution in [0.3, 0.4) is 0 Å². The number of hydrogen-bond donors (Lipinski definition) is 1. The zero-order chi connectivity index (χ0) is 13.9. The van der Waals surface area contributed by atoms with E-state index >= 15 is 0 Å². The van der Waals surface area contributed by atoms with Gasteiger partial charge in [-0.05, 0) is 33.9 Å². The number of piperidine rings is 1. The third-order valence-corrected chi connectivity index (χ3v) is 3.44. The van der Waals surface area contributed by atoms with Crippen LogP contribution < -0.4 is 0 Å². The third kappa shape index (κ3) is 4.17. The van der Waals surface area contributed by atoms with Gasteiger partial charge in [0.1, 0.15) is 0 Å². The Hall–Kier alpha value is -0.750. The van der Waals surface area contributed by atoms with E-state index in [1.54, 1.807) is 11.9 Å². The van der Waals surface area contributed by atoms with Crippen LogP contribution in [0.25, 0.3) is 0 Å². The summed E-state index contributed by atoms with van der Waals surface area (Å²) in [6.07, 6.45) is 0.412. The summed E-state index contributed by atoms with van der Waals surface area (Å²) in [5, 5.41) is 8.62. The van der Waals surface area contributed by atoms with Crippen molar-refractivity contribution < 1.29 is 18.7 Å². The summed E-state index contributed by atoms with van der Waals surface area (Å²) in [5.41, 5.74) is 0. The highest BCUT2D eigenvalue weighted by molar-refractivity contribution is 5.68. The minimum absolute atomic E-state index is 0.119. The molecule has 4 nitrogen and oxygen atoms in total. The number of hydrogen-bond acceptors (Lipinski definition) is 3. The summed E-state index contributed by atoms with van der Waals surface area (Å²) in [5.74, 6) is -4.48. The van der Waals surface area contributed by atoms with E-state index in [0.717, 1.165) is 0 Å². The molecular weight excluding hydrogens is 242 g/mol. The van der Waals surface area contributed by atoms with Crippen LogP contribution in [-0.2, 0) is 4.79 Å². The topological polar surface area (TPSA) is 43.8 Å². The fourth-order valence-corrected chi connectivity index (χ4v) is 2.35. The smallest absolute Gasteiger partial charge is 0.317 e. The molecule has 1 aliphatic heterocycles. The Bertz CT molecular complexity index is 298. The molecule has 0 saturated carbocycles. The number of halogens is 2. The van der Waals surface area contributed by atoms with Crippen LogP contribution in [-0.4, -0.2) is 66.1 Å². The van der Waals surface area contributed by atoms with Gasteiger partial charge in [-0.15, -0.1) is 0 Å². The zero-order valence-corrected chi connectivity index (χ0v) is 11.2. The highest BCUT2D eigenvalue weighted by atomic mass is 19.3. The van der Waals surface area contributed by atoms with Gasteiger partial charge in [0.2, 0.25) is 0 Å². The number of alkyl halides is 2. The molecule has 106 valence electrons. The molecule has 0 spiro atoms. The maximum atomic E-state index is 14.0. The molecule has 1 unspecified atom stereocenters. The fraction of sp³-hybridized carbons (Fsp3) is 0.917. The highest BCUT2D eigenvalue weighted by Gasteiger charge is 2.45. The van der Waals surface area contributed by atoms with E-state index in [0.29, 0.717) is 13.0 Å². The van der Waals surface area contributed by atoms with E-state index < -0.39 is 17.8 Å². The van der Waals surface area contributed by atoms with Crippen molar-refractivity contribution in [3.8, 4) is 0 Å². The largest absolute Gasteiger partial charge is 0.480 e. The third-order valence-electron chi connectivity index (χ3n) is 3.44. The second-order valence-electron chi connectivity index (χ2n) is 5.40. The van der Waals surface area contributed by atoms with Crippen molar-refractivity contribution in [1.29, 1.82) is 0 Å². The molecule has 0 radical (unpaired) electrons. The zero-order valence-electron chi connectivity index (χ0n) is 11.2. The Kier molecular flexibility index (Phi) is 5.04. The van der Waals surface area contributed by atoms with Gasteiger partial charge in [0.05, 0.1) is 13.1 Å². The molecule has 1 N–H and O–H groups in total.